The highest BCUT2D eigenvalue weighted by molar-refractivity contribution is 6.00. The van der Waals surface area contributed by atoms with Crippen molar-refractivity contribution in [1.29, 1.82) is 0 Å². The lowest BCUT2D eigenvalue weighted by Gasteiger charge is -2.24. The van der Waals surface area contributed by atoms with Crippen LogP contribution in [0.5, 0.6) is 23.0 Å². The summed E-state index contributed by atoms with van der Waals surface area (Å²) in [5.74, 6) is 2.20. The van der Waals surface area contributed by atoms with Crippen molar-refractivity contribution in [3.05, 3.63) is 48.0 Å². The van der Waals surface area contributed by atoms with Crippen molar-refractivity contribution >= 4 is 11.6 Å². The third-order valence-electron chi connectivity index (χ3n) is 4.09. The van der Waals surface area contributed by atoms with E-state index < -0.39 is 6.10 Å². The number of fused-ring (bicyclic) bond motifs is 2. The van der Waals surface area contributed by atoms with Crippen LogP contribution in [0.2, 0.25) is 0 Å². The highest BCUT2D eigenvalue weighted by Crippen LogP contribution is 2.31. The van der Waals surface area contributed by atoms with Gasteiger partial charge < -0.3 is 18.9 Å². The highest BCUT2D eigenvalue weighted by Gasteiger charge is 2.27. The van der Waals surface area contributed by atoms with E-state index in [0.29, 0.717) is 41.9 Å². The van der Waals surface area contributed by atoms with Crippen molar-refractivity contribution in [3.8, 4) is 23.0 Å². The number of amides is 1. The summed E-state index contributed by atoms with van der Waals surface area (Å²) in [6.07, 6.45) is -0.748. The Hall–Kier alpha value is -3.22. The SMILES string of the molecule is C/C(=N/NC(=O)[C@@H]1COc2ccccc2O1)c1ccc2c(c1)OCCO2. The second kappa shape index (κ2) is 6.95. The lowest BCUT2D eigenvalue weighted by molar-refractivity contribution is -0.130. The van der Waals surface area contributed by atoms with Gasteiger partial charge in [0.05, 0.1) is 5.71 Å². The molecule has 2 aromatic rings. The van der Waals surface area contributed by atoms with Crippen LogP contribution in [0.4, 0.5) is 0 Å². The van der Waals surface area contributed by atoms with Gasteiger partial charge >= 0.3 is 0 Å². The number of hydrogen-bond donors (Lipinski definition) is 1. The monoisotopic (exact) mass is 354 g/mol. The summed E-state index contributed by atoms with van der Waals surface area (Å²) in [7, 11) is 0. The van der Waals surface area contributed by atoms with Crippen molar-refractivity contribution in [2.75, 3.05) is 19.8 Å². The summed E-state index contributed by atoms with van der Waals surface area (Å²) >= 11 is 0. The number of benzene rings is 2. The van der Waals surface area contributed by atoms with Gasteiger partial charge in [-0.05, 0) is 37.3 Å². The molecule has 134 valence electrons. The molecule has 0 saturated carbocycles. The second-order valence-electron chi connectivity index (χ2n) is 5.90. The molecule has 0 aromatic heterocycles. The number of hydrogen-bond acceptors (Lipinski definition) is 6. The van der Waals surface area contributed by atoms with Crippen molar-refractivity contribution in [3.63, 3.8) is 0 Å². The molecule has 2 aliphatic heterocycles. The van der Waals surface area contributed by atoms with Gasteiger partial charge in [0.1, 0.15) is 19.8 Å². The first kappa shape index (κ1) is 16.3. The topological polar surface area (TPSA) is 78.4 Å². The van der Waals surface area contributed by atoms with E-state index in [0.717, 1.165) is 5.56 Å². The number of para-hydroxylation sites is 2. The van der Waals surface area contributed by atoms with E-state index in [1.807, 2.05) is 30.3 Å². The fraction of sp³-hybridized carbons (Fsp3) is 0.263. The van der Waals surface area contributed by atoms with Gasteiger partial charge in [-0.3, -0.25) is 4.79 Å². The summed E-state index contributed by atoms with van der Waals surface area (Å²) in [5, 5.41) is 4.16. The van der Waals surface area contributed by atoms with E-state index in [1.165, 1.54) is 0 Å². The van der Waals surface area contributed by atoms with E-state index >= 15 is 0 Å². The molecule has 7 heteroatoms. The minimum Gasteiger partial charge on any atom is -0.486 e. The molecule has 4 rings (SSSR count). The van der Waals surface area contributed by atoms with E-state index in [-0.39, 0.29) is 12.5 Å². The Morgan fingerprint density at radius 2 is 1.73 bits per heavy atom. The summed E-state index contributed by atoms with van der Waals surface area (Å²) in [6, 6.07) is 12.8. The van der Waals surface area contributed by atoms with E-state index in [1.54, 1.807) is 19.1 Å². The lowest BCUT2D eigenvalue weighted by atomic mass is 10.1. The first-order valence-electron chi connectivity index (χ1n) is 8.33. The minimum absolute atomic E-state index is 0.140. The predicted molar refractivity (Wildman–Crippen MR) is 94.1 cm³/mol. The smallest absolute Gasteiger partial charge is 0.284 e. The van der Waals surface area contributed by atoms with Crippen LogP contribution in [0.1, 0.15) is 12.5 Å². The summed E-state index contributed by atoms with van der Waals surface area (Å²) in [4.78, 5) is 12.3. The standard InChI is InChI=1S/C19H18N2O5/c1-12(13-6-7-15-17(10-13)24-9-8-23-15)20-21-19(22)18-11-25-14-4-2-3-5-16(14)26-18/h2-7,10,18H,8-9,11H2,1H3,(H,21,22)/b20-12-/t18-/m0/s1. The normalized spacial score (nSPS) is 18.2. The Morgan fingerprint density at radius 3 is 2.58 bits per heavy atom. The molecule has 0 unspecified atom stereocenters. The van der Waals surface area contributed by atoms with Crippen molar-refractivity contribution in [1.82, 2.24) is 5.43 Å². The maximum absolute atomic E-state index is 12.3. The molecule has 2 aliphatic rings. The van der Waals surface area contributed by atoms with Crippen molar-refractivity contribution in [2.24, 2.45) is 5.10 Å². The van der Waals surface area contributed by atoms with Gasteiger partial charge in [-0.1, -0.05) is 12.1 Å². The molecule has 1 N–H and O–H groups in total. The zero-order valence-electron chi connectivity index (χ0n) is 14.2. The highest BCUT2D eigenvalue weighted by atomic mass is 16.6. The van der Waals surface area contributed by atoms with Crippen LogP contribution < -0.4 is 24.4 Å². The molecule has 2 aromatic carbocycles. The van der Waals surface area contributed by atoms with Gasteiger partial charge in [0.15, 0.2) is 23.0 Å². The molecule has 2 heterocycles. The molecule has 0 fully saturated rings. The third-order valence-corrected chi connectivity index (χ3v) is 4.09. The van der Waals surface area contributed by atoms with Crippen LogP contribution in [0.15, 0.2) is 47.6 Å². The van der Waals surface area contributed by atoms with E-state index in [4.69, 9.17) is 18.9 Å². The Balaban J connectivity index is 1.42. The molecular weight excluding hydrogens is 336 g/mol. The number of hydrazone groups is 1. The van der Waals surface area contributed by atoms with E-state index in [2.05, 4.69) is 10.5 Å². The summed E-state index contributed by atoms with van der Waals surface area (Å²) in [5.41, 5.74) is 4.01. The van der Waals surface area contributed by atoms with Gasteiger partial charge in [-0.25, -0.2) is 5.43 Å². The first-order chi connectivity index (χ1) is 12.7. The Morgan fingerprint density at radius 1 is 1.00 bits per heavy atom. The van der Waals surface area contributed by atoms with Gasteiger partial charge in [0, 0.05) is 5.56 Å². The van der Waals surface area contributed by atoms with Crippen LogP contribution >= 0.6 is 0 Å². The molecule has 0 radical (unpaired) electrons. The Bertz CT molecular complexity index is 865. The van der Waals surface area contributed by atoms with Crippen molar-refractivity contribution < 1.29 is 23.7 Å². The quantitative estimate of drug-likeness (QED) is 0.675. The van der Waals surface area contributed by atoms with Gasteiger partial charge in [-0.2, -0.15) is 5.10 Å². The van der Waals surface area contributed by atoms with Crippen LogP contribution in [0.3, 0.4) is 0 Å². The first-order valence-corrected chi connectivity index (χ1v) is 8.33. The Kier molecular flexibility index (Phi) is 4.35. The third kappa shape index (κ3) is 3.28. The Labute approximate surface area is 150 Å². The number of ether oxygens (including phenoxy) is 4. The largest absolute Gasteiger partial charge is 0.486 e. The number of nitrogens with zero attached hydrogens (tertiary/aromatic N) is 1. The molecule has 7 nitrogen and oxygen atoms in total. The zero-order chi connectivity index (χ0) is 17.9. The van der Waals surface area contributed by atoms with Gasteiger partial charge in [0.2, 0.25) is 6.10 Å². The van der Waals surface area contributed by atoms with Crippen LogP contribution in [-0.4, -0.2) is 37.5 Å². The predicted octanol–water partition coefficient (Wildman–Crippen LogP) is 2.14. The molecule has 1 amide bonds. The fourth-order valence-corrected chi connectivity index (χ4v) is 2.69. The number of rotatable bonds is 3. The maximum atomic E-state index is 12.3. The molecule has 0 bridgehead atoms. The van der Waals surface area contributed by atoms with Gasteiger partial charge in [0.25, 0.3) is 5.91 Å². The van der Waals surface area contributed by atoms with Crippen LogP contribution in [0.25, 0.3) is 0 Å². The number of carbonyl (C=O) groups is 1. The average Bonchev–Trinajstić information content (AvgIpc) is 2.71. The lowest BCUT2D eigenvalue weighted by Crippen LogP contribution is -2.42. The van der Waals surface area contributed by atoms with Crippen LogP contribution in [0, 0.1) is 0 Å². The molecule has 0 saturated heterocycles. The maximum Gasteiger partial charge on any atom is 0.284 e. The minimum atomic E-state index is -0.748. The van der Waals surface area contributed by atoms with Gasteiger partial charge in [-0.15, -0.1) is 0 Å². The molecule has 0 spiro atoms. The number of carbonyl (C=O) groups excluding carboxylic acids is 1. The molecule has 1 atom stereocenters. The fourth-order valence-electron chi connectivity index (χ4n) is 2.69. The second-order valence-corrected chi connectivity index (χ2v) is 5.90. The van der Waals surface area contributed by atoms with Crippen LogP contribution in [-0.2, 0) is 4.79 Å². The molecular formula is C19H18N2O5. The van der Waals surface area contributed by atoms with Crippen molar-refractivity contribution in [2.45, 2.75) is 13.0 Å². The molecule has 0 aliphatic carbocycles. The summed E-state index contributed by atoms with van der Waals surface area (Å²) in [6.45, 7) is 3.01. The van der Waals surface area contributed by atoms with E-state index in [9.17, 15) is 4.79 Å². The zero-order valence-corrected chi connectivity index (χ0v) is 14.2. The molecule has 26 heavy (non-hydrogen) atoms. The summed E-state index contributed by atoms with van der Waals surface area (Å²) < 4.78 is 22.3. The average molecular weight is 354 g/mol. The number of nitrogens with one attached hydrogen (secondary N) is 1.